The van der Waals surface area contributed by atoms with Crippen LogP contribution in [0.5, 0.6) is 5.75 Å². The number of nitrogens with zero attached hydrogens (tertiary/aromatic N) is 3. The SMILES string of the molecule is O=C(COc1ccc(F)cc1)Nc1ccc(-c2ccc(N3CCCCC3)nn2)cc1. The standard InChI is InChI=1S/C23H23FN4O2/c24-18-6-10-20(11-7-18)30-16-23(29)25-19-8-4-17(5-9-19)21-12-13-22(27-26-21)28-14-2-1-3-15-28/h4-13H,1-3,14-16H2,(H,25,29). The maximum Gasteiger partial charge on any atom is 0.262 e. The van der Waals surface area contributed by atoms with Crippen molar-refractivity contribution >= 4 is 17.4 Å². The molecule has 154 valence electrons. The highest BCUT2D eigenvalue weighted by Gasteiger charge is 2.13. The van der Waals surface area contributed by atoms with Crippen molar-refractivity contribution in [1.29, 1.82) is 0 Å². The minimum atomic E-state index is -0.349. The molecule has 2 aromatic carbocycles. The molecular weight excluding hydrogens is 383 g/mol. The minimum Gasteiger partial charge on any atom is -0.484 e. The third-order valence-corrected chi connectivity index (χ3v) is 4.98. The van der Waals surface area contributed by atoms with Crippen LogP contribution in [0.2, 0.25) is 0 Å². The lowest BCUT2D eigenvalue weighted by molar-refractivity contribution is -0.118. The van der Waals surface area contributed by atoms with E-state index in [0.717, 1.165) is 30.2 Å². The van der Waals surface area contributed by atoms with Gasteiger partial charge in [0, 0.05) is 24.3 Å². The van der Waals surface area contributed by atoms with Gasteiger partial charge in [-0.05, 0) is 67.8 Å². The van der Waals surface area contributed by atoms with E-state index in [9.17, 15) is 9.18 Å². The van der Waals surface area contributed by atoms with Gasteiger partial charge in [0.15, 0.2) is 12.4 Å². The van der Waals surface area contributed by atoms with Gasteiger partial charge in [-0.1, -0.05) is 12.1 Å². The Morgan fingerprint density at radius 2 is 1.67 bits per heavy atom. The van der Waals surface area contributed by atoms with Gasteiger partial charge in [-0.3, -0.25) is 4.79 Å². The molecule has 3 aromatic rings. The van der Waals surface area contributed by atoms with Gasteiger partial charge in [-0.2, -0.15) is 0 Å². The third kappa shape index (κ3) is 5.11. The maximum absolute atomic E-state index is 12.9. The molecule has 2 heterocycles. The molecule has 6 nitrogen and oxygen atoms in total. The summed E-state index contributed by atoms with van der Waals surface area (Å²) in [7, 11) is 0. The molecule has 0 aliphatic carbocycles. The van der Waals surface area contributed by atoms with E-state index in [-0.39, 0.29) is 18.3 Å². The Morgan fingerprint density at radius 1 is 0.933 bits per heavy atom. The van der Waals surface area contributed by atoms with Crippen molar-refractivity contribution in [2.75, 3.05) is 29.9 Å². The van der Waals surface area contributed by atoms with Crippen molar-refractivity contribution < 1.29 is 13.9 Å². The van der Waals surface area contributed by atoms with Crippen LogP contribution in [0.3, 0.4) is 0 Å². The first-order valence-corrected chi connectivity index (χ1v) is 10.0. The van der Waals surface area contributed by atoms with E-state index in [4.69, 9.17) is 4.74 Å². The van der Waals surface area contributed by atoms with Crippen LogP contribution < -0.4 is 15.0 Å². The van der Waals surface area contributed by atoms with Gasteiger partial charge >= 0.3 is 0 Å². The number of rotatable bonds is 6. The van der Waals surface area contributed by atoms with E-state index >= 15 is 0 Å². The van der Waals surface area contributed by atoms with Crippen molar-refractivity contribution in [3.8, 4) is 17.0 Å². The zero-order valence-corrected chi connectivity index (χ0v) is 16.6. The highest BCUT2D eigenvalue weighted by molar-refractivity contribution is 5.92. The van der Waals surface area contributed by atoms with Crippen LogP contribution in [0.1, 0.15) is 19.3 Å². The van der Waals surface area contributed by atoms with Gasteiger partial charge in [0.2, 0.25) is 0 Å². The summed E-state index contributed by atoms with van der Waals surface area (Å²) >= 11 is 0. The van der Waals surface area contributed by atoms with Crippen LogP contribution in [-0.4, -0.2) is 35.8 Å². The molecule has 1 N–H and O–H groups in total. The Hall–Kier alpha value is -3.48. The summed E-state index contributed by atoms with van der Waals surface area (Å²) in [5, 5.41) is 11.5. The van der Waals surface area contributed by atoms with Gasteiger partial charge in [0.05, 0.1) is 5.69 Å². The highest BCUT2D eigenvalue weighted by Crippen LogP contribution is 2.22. The number of hydrogen-bond donors (Lipinski definition) is 1. The van der Waals surface area contributed by atoms with E-state index in [2.05, 4.69) is 20.4 Å². The maximum atomic E-state index is 12.9. The molecule has 0 unspecified atom stereocenters. The molecule has 1 aromatic heterocycles. The number of carbonyl (C=O) groups excluding carboxylic acids is 1. The number of amides is 1. The van der Waals surface area contributed by atoms with Crippen LogP contribution >= 0.6 is 0 Å². The summed E-state index contributed by atoms with van der Waals surface area (Å²) in [6.45, 7) is 1.91. The van der Waals surface area contributed by atoms with Crippen LogP contribution in [0.15, 0.2) is 60.7 Å². The predicted octanol–water partition coefficient (Wildman–Crippen LogP) is 4.29. The fraction of sp³-hybridized carbons (Fsp3) is 0.261. The quantitative estimate of drug-likeness (QED) is 0.661. The fourth-order valence-corrected chi connectivity index (χ4v) is 3.37. The molecular formula is C23H23FN4O2. The first kappa shape index (κ1) is 19.8. The van der Waals surface area contributed by atoms with Crippen molar-refractivity contribution in [2.24, 2.45) is 0 Å². The molecule has 30 heavy (non-hydrogen) atoms. The Labute approximate surface area is 174 Å². The number of hydrogen-bond acceptors (Lipinski definition) is 5. The number of benzene rings is 2. The second kappa shape index (κ2) is 9.35. The van der Waals surface area contributed by atoms with Crippen molar-refractivity contribution in [1.82, 2.24) is 10.2 Å². The molecule has 0 radical (unpaired) electrons. The third-order valence-electron chi connectivity index (χ3n) is 4.98. The number of nitrogens with one attached hydrogen (secondary N) is 1. The Morgan fingerprint density at radius 3 is 2.33 bits per heavy atom. The van der Waals surface area contributed by atoms with Gasteiger partial charge < -0.3 is 15.0 Å². The van der Waals surface area contributed by atoms with Crippen LogP contribution in [0.4, 0.5) is 15.9 Å². The average Bonchev–Trinajstić information content (AvgIpc) is 2.80. The van der Waals surface area contributed by atoms with E-state index in [1.807, 2.05) is 36.4 Å². The molecule has 1 fully saturated rings. The zero-order valence-electron chi connectivity index (χ0n) is 16.6. The molecule has 0 saturated carbocycles. The summed E-state index contributed by atoms with van der Waals surface area (Å²) in [6.07, 6.45) is 3.68. The molecule has 1 saturated heterocycles. The highest BCUT2D eigenvalue weighted by atomic mass is 19.1. The Balaban J connectivity index is 1.32. The van der Waals surface area contributed by atoms with Gasteiger partial charge in [-0.25, -0.2) is 4.39 Å². The van der Waals surface area contributed by atoms with Crippen LogP contribution in [0.25, 0.3) is 11.3 Å². The van der Waals surface area contributed by atoms with Crippen molar-refractivity contribution in [3.63, 3.8) is 0 Å². The molecule has 1 aliphatic heterocycles. The van der Waals surface area contributed by atoms with Crippen LogP contribution in [0, 0.1) is 5.82 Å². The summed E-state index contributed by atoms with van der Waals surface area (Å²) in [5.74, 6) is 0.715. The zero-order chi connectivity index (χ0) is 20.8. The lowest BCUT2D eigenvalue weighted by Crippen LogP contribution is -2.30. The Bertz CT molecular complexity index is 970. The molecule has 7 heteroatoms. The number of ether oxygens (including phenoxy) is 1. The normalized spacial score (nSPS) is 13.7. The second-order valence-electron chi connectivity index (χ2n) is 7.19. The number of piperidine rings is 1. The van der Waals surface area contributed by atoms with Crippen LogP contribution in [-0.2, 0) is 4.79 Å². The lowest BCUT2D eigenvalue weighted by Gasteiger charge is -2.27. The first-order valence-electron chi connectivity index (χ1n) is 10.0. The van der Waals surface area contributed by atoms with Crippen molar-refractivity contribution in [3.05, 3.63) is 66.5 Å². The number of carbonyl (C=O) groups is 1. The summed E-state index contributed by atoms with van der Waals surface area (Å²) < 4.78 is 18.2. The molecule has 4 rings (SSSR count). The largest absolute Gasteiger partial charge is 0.484 e. The van der Waals surface area contributed by atoms with E-state index in [1.54, 1.807) is 0 Å². The molecule has 1 amide bonds. The number of halogens is 1. The lowest BCUT2D eigenvalue weighted by atomic mass is 10.1. The average molecular weight is 406 g/mol. The summed E-state index contributed by atoms with van der Waals surface area (Å²) in [5.41, 5.74) is 2.37. The monoisotopic (exact) mass is 406 g/mol. The molecule has 0 atom stereocenters. The topological polar surface area (TPSA) is 67.3 Å². The Kier molecular flexibility index (Phi) is 6.17. The van der Waals surface area contributed by atoms with Gasteiger partial charge in [0.25, 0.3) is 5.91 Å². The van der Waals surface area contributed by atoms with Crippen molar-refractivity contribution in [2.45, 2.75) is 19.3 Å². The van der Waals surface area contributed by atoms with Gasteiger partial charge in [0.1, 0.15) is 11.6 Å². The fourth-order valence-electron chi connectivity index (χ4n) is 3.37. The first-order chi connectivity index (χ1) is 14.7. The smallest absolute Gasteiger partial charge is 0.262 e. The van der Waals surface area contributed by atoms with Gasteiger partial charge in [-0.15, -0.1) is 10.2 Å². The summed E-state index contributed by atoms with van der Waals surface area (Å²) in [6, 6.07) is 16.9. The second-order valence-corrected chi connectivity index (χ2v) is 7.19. The van der Waals surface area contributed by atoms with E-state index in [1.165, 1.54) is 43.5 Å². The summed E-state index contributed by atoms with van der Waals surface area (Å²) in [4.78, 5) is 14.3. The molecule has 0 bridgehead atoms. The van der Waals surface area contributed by atoms with E-state index < -0.39 is 0 Å². The number of aromatic nitrogens is 2. The minimum absolute atomic E-state index is 0.156. The number of anilines is 2. The predicted molar refractivity (Wildman–Crippen MR) is 114 cm³/mol. The molecule has 0 spiro atoms. The van der Waals surface area contributed by atoms with E-state index in [0.29, 0.717) is 11.4 Å². The molecule has 1 aliphatic rings.